The van der Waals surface area contributed by atoms with Crippen LogP contribution in [0.1, 0.15) is 6.92 Å². The fraction of sp³-hybridized carbons (Fsp3) is 0.278. The van der Waals surface area contributed by atoms with E-state index in [0.717, 1.165) is 4.31 Å². The highest BCUT2D eigenvalue weighted by Crippen LogP contribution is 2.27. The Morgan fingerprint density at radius 2 is 1.65 bits per heavy atom. The molecule has 0 aliphatic carbocycles. The van der Waals surface area contributed by atoms with Gasteiger partial charge >= 0.3 is 5.97 Å². The molecule has 0 spiro atoms. The fourth-order valence-electron chi connectivity index (χ4n) is 2.28. The minimum Gasteiger partial charge on any atom is -0.497 e. The molecule has 0 aliphatic rings. The van der Waals surface area contributed by atoms with E-state index in [9.17, 15) is 13.2 Å². The van der Waals surface area contributed by atoms with Gasteiger partial charge in [-0.25, -0.2) is 8.42 Å². The predicted molar refractivity (Wildman–Crippen MR) is 97.2 cm³/mol. The van der Waals surface area contributed by atoms with E-state index in [1.807, 2.05) is 0 Å². The van der Waals surface area contributed by atoms with Crippen LogP contribution in [0.5, 0.6) is 11.5 Å². The van der Waals surface area contributed by atoms with Crippen LogP contribution in [0.3, 0.4) is 0 Å². The maximum atomic E-state index is 13.1. The molecule has 8 heteroatoms. The van der Waals surface area contributed by atoms with Crippen molar-refractivity contribution < 1.29 is 27.4 Å². The third kappa shape index (κ3) is 4.45. The summed E-state index contributed by atoms with van der Waals surface area (Å²) in [4.78, 5) is 12.0. The van der Waals surface area contributed by atoms with Crippen molar-refractivity contribution in [3.8, 4) is 11.5 Å². The molecule has 2 aromatic carbocycles. The van der Waals surface area contributed by atoms with Crippen LogP contribution < -0.4 is 13.8 Å². The maximum Gasteiger partial charge on any atom is 0.326 e. The summed E-state index contributed by atoms with van der Waals surface area (Å²) < 4.78 is 42.3. The Morgan fingerprint density at radius 1 is 1.00 bits per heavy atom. The SMILES string of the molecule is CCOC(=O)CN(c1cccc(OC)c1)S(=O)(=O)c1ccc(OC)cc1. The first kappa shape index (κ1) is 19.6. The summed E-state index contributed by atoms with van der Waals surface area (Å²) in [5, 5.41) is 0. The molecule has 0 saturated carbocycles. The van der Waals surface area contributed by atoms with Crippen LogP contribution in [0.15, 0.2) is 53.4 Å². The summed E-state index contributed by atoms with van der Waals surface area (Å²) in [5.74, 6) is 0.357. The number of carbonyl (C=O) groups is 1. The van der Waals surface area contributed by atoms with Crippen LogP contribution in [0.2, 0.25) is 0 Å². The molecule has 0 aromatic heterocycles. The molecule has 140 valence electrons. The van der Waals surface area contributed by atoms with Gasteiger partial charge in [0.1, 0.15) is 18.0 Å². The zero-order chi connectivity index (χ0) is 19.2. The number of ether oxygens (including phenoxy) is 3. The lowest BCUT2D eigenvalue weighted by Gasteiger charge is -2.24. The quantitative estimate of drug-likeness (QED) is 0.656. The largest absolute Gasteiger partial charge is 0.497 e. The van der Waals surface area contributed by atoms with Gasteiger partial charge in [-0.1, -0.05) is 6.07 Å². The topological polar surface area (TPSA) is 82.1 Å². The highest BCUT2D eigenvalue weighted by molar-refractivity contribution is 7.92. The highest BCUT2D eigenvalue weighted by atomic mass is 32.2. The van der Waals surface area contributed by atoms with E-state index in [2.05, 4.69) is 0 Å². The van der Waals surface area contributed by atoms with Gasteiger partial charge in [-0.3, -0.25) is 9.10 Å². The molecule has 0 unspecified atom stereocenters. The molecule has 0 atom stereocenters. The first-order valence-corrected chi connectivity index (χ1v) is 9.32. The Labute approximate surface area is 153 Å². The van der Waals surface area contributed by atoms with E-state index in [1.165, 1.54) is 26.4 Å². The zero-order valence-corrected chi connectivity index (χ0v) is 15.7. The third-order valence-electron chi connectivity index (χ3n) is 3.57. The molecule has 2 aromatic rings. The second kappa shape index (κ2) is 8.57. The number of benzene rings is 2. The minimum atomic E-state index is -4.00. The summed E-state index contributed by atoms with van der Waals surface area (Å²) in [6.45, 7) is 1.37. The standard InChI is InChI=1S/C18H21NO6S/c1-4-25-18(20)13-19(14-6-5-7-16(12-14)24-3)26(21,22)17-10-8-15(23-2)9-11-17/h5-12H,4,13H2,1-3H3. The van der Waals surface area contributed by atoms with Gasteiger partial charge in [0.2, 0.25) is 0 Å². The summed E-state index contributed by atoms with van der Waals surface area (Å²) in [6, 6.07) is 12.4. The molecule has 0 amide bonds. The fourth-order valence-corrected chi connectivity index (χ4v) is 3.68. The summed E-state index contributed by atoms with van der Waals surface area (Å²) in [6.07, 6.45) is 0. The van der Waals surface area contributed by atoms with E-state index in [4.69, 9.17) is 14.2 Å². The van der Waals surface area contributed by atoms with Crippen molar-refractivity contribution in [3.05, 3.63) is 48.5 Å². The Hall–Kier alpha value is -2.74. The monoisotopic (exact) mass is 379 g/mol. The highest BCUT2D eigenvalue weighted by Gasteiger charge is 2.28. The number of anilines is 1. The first-order chi connectivity index (χ1) is 12.4. The number of sulfonamides is 1. The average molecular weight is 379 g/mol. The van der Waals surface area contributed by atoms with Crippen LogP contribution >= 0.6 is 0 Å². The van der Waals surface area contributed by atoms with E-state index in [1.54, 1.807) is 43.3 Å². The second-order valence-corrected chi connectivity index (χ2v) is 7.06. The Bertz CT molecular complexity index is 848. The first-order valence-electron chi connectivity index (χ1n) is 7.88. The number of esters is 1. The van der Waals surface area contributed by atoms with E-state index < -0.39 is 22.5 Å². The lowest BCUT2D eigenvalue weighted by Crippen LogP contribution is -2.36. The van der Waals surface area contributed by atoms with Crippen molar-refractivity contribution in [3.63, 3.8) is 0 Å². The smallest absolute Gasteiger partial charge is 0.326 e. The number of nitrogens with zero attached hydrogens (tertiary/aromatic N) is 1. The normalized spacial score (nSPS) is 10.9. The van der Waals surface area contributed by atoms with E-state index in [0.29, 0.717) is 17.2 Å². The minimum absolute atomic E-state index is 0.0328. The number of methoxy groups -OCH3 is 2. The summed E-state index contributed by atoms with van der Waals surface area (Å²) in [5.41, 5.74) is 0.299. The number of rotatable bonds is 8. The number of carbonyl (C=O) groups excluding carboxylic acids is 1. The second-order valence-electron chi connectivity index (χ2n) is 5.19. The Kier molecular flexibility index (Phi) is 6.46. The van der Waals surface area contributed by atoms with Gasteiger partial charge < -0.3 is 14.2 Å². The number of hydrogen-bond donors (Lipinski definition) is 0. The maximum absolute atomic E-state index is 13.1. The zero-order valence-electron chi connectivity index (χ0n) is 14.8. The predicted octanol–water partition coefficient (Wildman–Crippen LogP) is 2.46. The molecule has 26 heavy (non-hydrogen) atoms. The van der Waals surface area contributed by atoms with Gasteiger partial charge in [0, 0.05) is 6.07 Å². The Balaban J connectivity index is 2.48. The molecular formula is C18H21NO6S. The lowest BCUT2D eigenvalue weighted by molar-refractivity contribution is -0.141. The van der Waals surface area contributed by atoms with Gasteiger partial charge in [0.05, 0.1) is 31.4 Å². The number of hydrogen-bond acceptors (Lipinski definition) is 6. The molecule has 0 saturated heterocycles. The summed E-state index contributed by atoms with van der Waals surface area (Å²) >= 11 is 0. The van der Waals surface area contributed by atoms with E-state index in [-0.39, 0.29) is 11.5 Å². The third-order valence-corrected chi connectivity index (χ3v) is 5.35. The van der Waals surface area contributed by atoms with Crippen LogP contribution in [0.4, 0.5) is 5.69 Å². The van der Waals surface area contributed by atoms with Crippen LogP contribution in [0.25, 0.3) is 0 Å². The van der Waals surface area contributed by atoms with Crippen LogP contribution in [-0.4, -0.2) is 41.8 Å². The van der Waals surface area contributed by atoms with Crippen LogP contribution in [0, 0.1) is 0 Å². The Morgan fingerprint density at radius 3 is 2.23 bits per heavy atom. The van der Waals surface area contributed by atoms with Gasteiger partial charge in [0.25, 0.3) is 10.0 Å². The van der Waals surface area contributed by atoms with Gasteiger partial charge in [-0.2, -0.15) is 0 Å². The van der Waals surface area contributed by atoms with Gasteiger partial charge in [0.15, 0.2) is 0 Å². The average Bonchev–Trinajstić information content (AvgIpc) is 2.66. The molecule has 2 rings (SSSR count). The van der Waals surface area contributed by atoms with Gasteiger partial charge in [-0.15, -0.1) is 0 Å². The van der Waals surface area contributed by atoms with E-state index >= 15 is 0 Å². The van der Waals surface area contributed by atoms with Crippen molar-refractivity contribution in [2.24, 2.45) is 0 Å². The van der Waals surface area contributed by atoms with Crippen molar-refractivity contribution in [1.29, 1.82) is 0 Å². The molecular weight excluding hydrogens is 358 g/mol. The van der Waals surface area contributed by atoms with Gasteiger partial charge in [-0.05, 0) is 43.3 Å². The van der Waals surface area contributed by atoms with Crippen molar-refractivity contribution in [1.82, 2.24) is 0 Å². The molecule has 0 N–H and O–H groups in total. The lowest BCUT2D eigenvalue weighted by atomic mass is 10.3. The molecule has 0 radical (unpaired) electrons. The molecule has 0 bridgehead atoms. The molecule has 0 heterocycles. The van der Waals surface area contributed by atoms with Crippen molar-refractivity contribution in [2.45, 2.75) is 11.8 Å². The molecule has 0 fully saturated rings. The van der Waals surface area contributed by atoms with Crippen LogP contribution in [-0.2, 0) is 19.6 Å². The molecule has 7 nitrogen and oxygen atoms in total. The van der Waals surface area contributed by atoms with Crippen molar-refractivity contribution >= 4 is 21.7 Å². The molecule has 0 aliphatic heterocycles. The summed E-state index contributed by atoms with van der Waals surface area (Å²) in [7, 11) is -1.02. The van der Waals surface area contributed by atoms with Crippen molar-refractivity contribution in [2.75, 3.05) is 31.7 Å².